The molecule has 0 radical (unpaired) electrons. The van der Waals surface area contributed by atoms with Crippen LogP contribution in [0.5, 0.6) is 0 Å². The number of hydrogen-bond acceptors (Lipinski definition) is 4. The molecule has 0 atom stereocenters. The van der Waals surface area contributed by atoms with Crippen LogP contribution in [-0.2, 0) is 16.6 Å². The van der Waals surface area contributed by atoms with Gasteiger partial charge in [0.05, 0.1) is 24.0 Å². The van der Waals surface area contributed by atoms with Crippen LogP contribution in [0, 0.1) is 0 Å². The third kappa shape index (κ3) is 4.25. The highest BCUT2D eigenvalue weighted by Gasteiger charge is 2.30. The fourth-order valence-electron chi connectivity index (χ4n) is 3.00. The molecule has 2 aromatic rings. The first-order valence-electron chi connectivity index (χ1n) is 8.55. The number of piperidine rings is 1. The number of carbonyl (C=O) groups excluding carboxylic acids is 1. The van der Waals surface area contributed by atoms with Crippen LogP contribution in [0.1, 0.15) is 18.4 Å². The molecule has 0 spiro atoms. The number of nitrogens with one attached hydrogen (secondary N) is 1. The predicted molar refractivity (Wildman–Crippen MR) is 96.9 cm³/mol. The molecule has 0 saturated carbocycles. The SMILES string of the molecule is CN(Cc1ccoc1)C(=O)NC1CCN(S(=O)(=O)c2ccccc2)CC1. The lowest BCUT2D eigenvalue weighted by atomic mass is 10.1. The van der Waals surface area contributed by atoms with E-state index in [4.69, 9.17) is 4.42 Å². The van der Waals surface area contributed by atoms with Crippen molar-refractivity contribution in [2.45, 2.75) is 30.3 Å². The molecule has 7 nitrogen and oxygen atoms in total. The van der Waals surface area contributed by atoms with Crippen LogP contribution in [0.25, 0.3) is 0 Å². The lowest BCUT2D eigenvalue weighted by Crippen LogP contribution is -2.49. The molecular formula is C18H23N3O4S. The maximum atomic E-state index is 12.6. The largest absolute Gasteiger partial charge is 0.472 e. The van der Waals surface area contributed by atoms with E-state index in [9.17, 15) is 13.2 Å². The Kier molecular flexibility index (Phi) is 5.63. The normalized spacial score (nSPS) is 16.3. The zero-order chi connectivity index (χ0) is 18.6. The molecule has 0 aliphatic carbocycles. The first kappa shape index (κ1) is 18.5. The van der Waals surface area contributed by atoms with E-state index in [1.54, 1.807) is 54.8 Å². The average Bonchev–Trinajstić information content (AvgIpc) is 3.16. The fraction of sp³-hybridized carbons (Fsp3) is 0.389. The summed E-state index contributed by atoms with van der Waals surface area (Å²) in [7, 11) is -1.75. The van der Waals surface area contributed by atoms with Crippen LogP contribution in [0.15, 0.2) is 58.2 Å². The first-order valence-corrected chi connectivity index (χ1v) is 9.99. The molecule has 1 fully saturated rings. The van der Waals surface area contributed by atoms with Crippen molar-refractivity contribution in [1.82, 2.24) is 14.5 Å². The van der Waals surface area contributed by atoms with Crippen molar-refractivity contribution in [2.24, 2.45) is 0 Å². The maximum absolute atomic E-state index is 12.6. The number of nitrogens with zero attached hydrogens (tertiary/aromatic N) is 2. The Hall–Kier alpha value is -2.32. The Morgan fingerprint density at radius 3 is 2.54 bits per heavy atom. The summed E-state index contributed by atoms with van der Waals surface area (Å²) in [6.07, 6.45) is 4.37. The summed E-state index contributed by atoms with van der Waals surface area (Å²) in [6, 6.07) is 10.1. The fourth-order valence-corrected chi connectivity index (χ4v) is 4.49. The molecule has 1 saturated heterocycles. The Balaban J connectivity index is 1.51. The minimum absolute atomic E-state index is 0.0310. The third-order valence-corrected chi connectivity index (χ3v) is 6.42. The topological polar surface area (TPSA) is 82.9 Å². The average molecular weight is 377 g/mol. The van der Waals surface area contributed by atoms with Gasteiger partial charge < -0.3 is 14.6 Å². The van der Waals surface area contributed by atoms with Crippen LogP contribution in [0.4, 0.5) is 4.79 Å². The number of amides is 2. The van der Waals surface area contributed by atoms with Gasteiger partial charge in [-0.05, 0) is 31.0 Å². The van der Waals surface area contributed by atoms with E-state index in [0.29, 0.717) is 37.4 Å². The number of rotatable bonds is 5. The van der Waals surface area contributed by atoms with Gasteiger partial charge in [-0.15, -0.1) is 0 Å². The van der Waals surface area contributed by atoms with Gasteiger partial charge in [0.1, 0.15) is 0 Å². The number of urea groups is 1. The number of hydrogen-bond donors (Lipinski definition) is 1. The Labute approximate surface area is 153 Å². The Morgan fingerprint density at radius 2 is 1.92 bits per heavy atom. The predicted octanol–water partition coefficient (Wildman–Crippen LogP) is 2.27. The number of furan rings is 1. The molecule has 26 heavy (non-hydrogen) atoms. The summed E-state index contributed by atoms with van der Waals surface area (Å²) in [5.41, 5.74) is 0.923. The van der Waals surface area contributed by atoms with Crippen molar-refractivity contribution in [3.05, 3.63) is 54.5 Å². The Bertz CT molecular complexity index is 813. The van der Waals surface area contributed by atoms with Gasteiger partial charge in [0.15, 0.2) is 0 Å². The smallest absolute Gasteiger partial charge is 0.317 e. The zero-order valence-electron chi connectivity index (χ0n) is 14.7. The first-order chi connectivity index (χ1) is 12.5. The monoisotopic (exact) mass is 377 g/mol. The van der Waals surface area contributed by atoms with Crippen LogP contribution in [0.2, 0.25) is 0 Å². The van der Waals surface area contributed by atoms with Gasteiger partial charge in [-0.3, -0.25) is 0 Å². The van der Waals surface area contributed by atoms with Crippen LogP contribution in [0.3, 0.4) is 0 Å². The van der Waals surface area contributed by atoms with Crippen molar-refractivity contribution in [3.8, 4) is 0 Å². The highest BCUT2D eigenvalue weighted by atomic mass is 32.2. The number of benzene rings is 1. The summed E-state index contributed by atoms with van der Waals surface area (Å²) < 4.78 is 31.7. The summed E-state index contributed by atoms with van der Waals surface area (Å²) in [6.45, 7) is 1.25. The second kappa shape index (κ2) is 7.92. The standard InChI is InChI=1S/C18H23N3O4S/c1-20(13-15-9-12-25-14-15)18(22)19-16-7-10-21(11-8-16)26(23,24)17-5-3-2-4-6-17/h2-6,9,12,14,16H,7-8,10-11,13H2,1H3,(H,19,22). The van der Waals surface area contributed by atoms with Gasteiger partial charge >= 0.3 is 6.03 Å². The summed E-state index contributed by atoms with van der Waals surface area (Å²) >= 11 is 0. The molecule has 2 amide bonds. The number of sulfonamides is 1. The van der Waals surface area contributed by atoms with E-state index in [1.165, 1.54) is 4.31 Å². The molecule has 0 bridgehead atoms. The minimum Gasteiger partial charge on any atom is -0.472 e. The molecule has 1 aromatic carbocycles. The van der Waals surface area contributed by atoms with Crippen LogP contribution in [-0.4, -0.2) is 49.8 Å². The molecule has 1 aliphatic rings. The van der Waals surface area contributed by atoms with Gasteiger partial charge in [0, 0.05) is 31.7 Å². The molecular weight excluding hydrogens is 354 g/mol. The van der Waals surface area contributed by atoms with Crippen molar-refractivity contribution in [3.63, 3.8) is 0 Å². The van der Waals surface area contributed by atoms with E-state index in [0.717, 1.165) is 5.56 Å². The molecule has 1 aliphatic heterocycles. The van der Waals surface area contributed by atoms with Gasteiger partial charge in [-0.1, -0.05) is 18.2 Å². The van der Waals surface area contributed by atoms with E-state index in [2.05, 4.69) is 5.32 Å². The van der Waals surface area contributed by atoms with Crippen LogP contribution >= 0.6 is 0 Å². The highest BCUT2D eigenvalue weighted by Crippen LogP contribution is 2.20. The lowest BCUT2D eigenvalue weighted by molar-refractivity contribution is 0.195. The van der Waals surface area contributed by atoms with Crippen molar-refractivity contribution < 1.29 is 17.6 Å². The summed E-state index contributed by atoms with van der Waals surface area (Å²) in [5, 5.41) is 2.98. The van der Waals surface area contributed by atoms with Crippen LogP contribution < -0.4 is 5.32 Å². The molecule has 1 aromatic heterocycles. The molecule has 0 unspecified atom stereocenters. The van der Waals surface area contributed by atoms with Gasteiger partial charge in [-0.2, -0.15) is 4.31 Å². The Morgan fingerprint density at radius 1 is 1.23 bits per heavy atom. The van der Waals surface area contributed by atoms with Crippen molar-refractivity contribution in [1.29, 1.82) is 0 Å². The minimum atomic E-state index is -3.46. The van der Waals surface area contributed by atoms with E-state index < -0.39 is 10.0 Å². The van der Waals surface area contributed by atoms with Gasteiger partial charge in [-0.25, -0.2) is 13.2 Å². The second-order valence-corrected chi connectivity index (χ2v) is 8.37. The highest BCUT2D eigenvalue weighted by molar-refractivity contribution is 7.89. The molecule has 1 N–H and O–H groups in total. The van der Waals surface area contributed by atoms with E-state index in [1.807, 2.05) is 6.07 Å². The molecule has 3 rings (SSSR count). The van der Waals surface area contributed by atoms with Crippen molar-refractivity contribution in [2.75, 3.05) is 20.1 Å². The lowest BCUT2D eigenvalue weighted by Gasteiger charge is -2.32. The van der Waals surface area contributed by atoms with Gasteiger partial charge in [0.2, 0.25) is 10.0 Å². The number of carbonyl (C=O) groups is 1. The second-order valence-electron chi connectivity index (χ2n) is 6.43. The third-order valence-electron chi connectivity index (χ3n) is 4.51. The molecule has 2 heterocycles. The maximum Gasteiger partial charge on any atom is 0.317 e. The summed E-state index contributed by atoms with van der Waals surface area (Å²) in [4.78, 5) is 14.2. The van der Waals surface area contributed by atoms with Crippen molar-refractivity contribution >= 4 is 16.1 Å². The zero-order valence-corrected chi connectivity index (χ0v) is 15.5. The van der Waals surface area contributed by atoms with E-state index >= 15 is 0 Å². The quantitative estimate of drug-likeness (QED) is 0.866. The summed E-state index contributed by atoms with van der Waals surface area (Å²) in [5.74, 6) is 0. The van der Waals surface area contributed by atoms with Gasteiger partial charge in [0.25, 0.3) is 0 Å². The molecule has 8 heteroatoms. The molecule has 140 valence electrons. The van der Waals surface area contributed by atoms with E-state index in [-0.39, 0.29) is 12.1 Å².